The molecule has 3 aliphatic rings. The molecule has 3 fully saturated rings. The van der Waals surface area contributed by atoms with E-state index in [1.54, 1.807) is 13.0 Å². The van der Waals surface area contributed by atoms with Crippen molar-refractivity contribution < 1.29 is 19.2 Å². The molecule has 4 rings (SSSR count). The second-order valence-electron chi connectivity index (χ2n) is 6.17. The van der Waals surface area contributed by atoms with Crippen molar-refractivity contribution in [1.82, 2.24) is 5.16 Å². The topological polar surface area (TPSA) is 80.4 Å². The van der Waals surface area contributed by atoms with Crippen molar-refractivity contribution in [3.05, 3.63) is 17.5 Å². The Balaban J connectivity index is 1.64. The third-order valence-corrected chi connectivity index (χ3v) is 4.54. The van der Waals surface area contributed by atoms with Crippen molar-refractivity contribution in [3.63, 3.8) is 0 Å². The average Bonchev–Trinajstić information content (AvgIpc) is 2.65. The van der Waals surface area contributed by atoms with Crippen LogP contribution in [-0.4, -0.2) is 22.0 Å². The molecule has 3 aliphatic carbocycles. The Hall–Kier alpha value is -1.65. The highest BCUT2D eigenvalue weighted by Crippen LogP contribution is 2.67. The minimum atomic E-state index is -0.877. The molecule has 1 atom stereocenters. The first kappa shape index (κ1) is 12.4. The monoisotopic (exact) mass is 263 g/mol. The number of carboxylic acids is 1. The standard InChI is InChI=1S/C14H17NO4/c1-8-2-11(15-19-8)12(16)3-10(13(17)18)7-14-4-9(5-14)6-14/h2,9-10H,3-7H2,1H3,(H,17,18)/t9?,10-,14?/m0/s1. The molecule has 5 nitrogen and oxygen atoms in total. The predicted octanol–water partition coefficient (Wildman–Crippen LogP) is 2.45. The van der Waals surface area contributed by atoms with E-state index in [1.165, 1.54) is 0 Å². The van der Waals surface area contributed by atoms with Crippen LogP contribution in [0.1, 0.15) is 48.4 Å². The summed E-state index contributed by atoms with van der Waals surface area (Å²) in [4.78, 5) is 23.3. The van der Waals surface area contributed by atoms with Crippen LogP contribution in [0.4, 0.5) is 0 Å². The van der Waals surface area contributed by atoms with Crippen LogP contribution in [0.25, 0.3) is 0 Å². The number of ketones is 1. The number of carbonyl (C=O) groups excluding carboxylic acids is 1. The SMILES string of the molecule is Cc1cc(C(=O)C[C@@H](CC23CC(C2)C3)C(=O)O)no1. The van der Waals surface area contributed by atoms with Gasteiger partial charge in [-0.25, -0.2) is 0 Å². The van der Waals surface area contributed by atoms with Crippen molar-refractivity contribution >= 4 is 11.8 Å². The van der Waals surface area contributed by atoms with E-state index in [0.29, 0.717) is 12.2 Å². The molecule has 0 spiro atoms. The lowest BCUT2D eigenvalue weighted by molar-refractivity contribution is -0.154. The van der Waals surface area contributed by atoms with E-state index in [1.807, 2.05) is 0 Å². The lowest BCUT2D eigenvalue weighted by Gasteiger charge is -2.63. The molecule has 2 bridgehead atoms. The van der Waals surface area contributed by atoms with Gasteiger partial charge in [0.1, 0.15) is 11.5 Å². The van der Waals surface area contributed by atoms with Gasteiger partial charge in [0.25, 0.3) is 0 Å². The van der Waals surface area contributed by atoms with Crippen molar-refractivity contribution in [2.75, 3.05) is 0 Å². The summed E-state index contributed by atoms with van der Waals surface area (Å²) in [6.07, 6.45) is 4.09. The fourth-order valence-corrected chi connectivity index (χ4v) is 3.50. The number of aryl methyl sites for hydroxylation is 1. The van der Waals surface area contributed by atoms with Gasteiger partial charge >= 0.3 is 5.97 Å². The second kappa shape index (κ2) is 4.18. The van der Waals surface area contributed by atoms with Crippen LogP contribution < -0.4 is 0 Å². The van der Waals surface area contributed by atoms with Gasteiger partial charge in [-0.3, -0.25) is 9.59 Å². The molecule has 1 aromatic heterocycles. The summed E-state index contributed by atoms with van der Waals surface area (Å²) in [5.41, 5.74) is 0.467. The lowest BCUT2D eigenvalue weighted by atomic mass is 9.42. The number of rotatable bonds is 6. The van der Waals surface area contributed by atoms with E-state index >= 15 is 0 Å². The fraction of sp³-hybridized carbons (Fsp3) is 0.643. The van der Waals surface area contributed by atoms with Gasteiger partial charge in [-0.15, -0.1) is 0 Å². The van der Waals surface area contributed by atoms with Gasteiger partial charge in [-0.1, -0.05) is 5.16 Å². The van der Waals surface area contributed by atoms with E-state index in [0.717, 1.165) is 25.2 Å². The van der Waals surface area contributed by atoms with Crippen LogP contribution in [-0.2, 0) is 4.79 Å². The molecule has 102 valence electrons. The Morgan fingerprint density at radius 3 is 2.63 bits per heavy atom. The first-order chi connectivity index (χ1) is 8.97. The Kier molecular flexibility index (Phi) is 2.73. The second-order valence-corrected chi connectivity index (χ2v) is 6.17. The summed E-state index contributed by atoms with van der Waals surface area (Å²) in [6.45, 7) is 1.71. The van der Waals surface area contributed by atoms with Gasteiger partial charge in [0.15, 0.2) is 5.78 Å². The molecule has 0 amide bonds. The van der Waals surface area contributed by atoms with E-state index < -0.39 is 11.9 Å². The van der Waals surface area contributed by atoms with Crippen molar-refractivity contribution in [3.8, 4) is 0 Å². The van der Waals surface area contributed by atoms with Gasteiger partial charge < -0.3 is 9.63 Å². The summed E-state index contributed by atoms with van der Waals surface area (Å²) in [6, 6.07) is 1.56. The normalized spacial score (nSPS) is 29.2. The Morgan fingerprint density at radius 2 is 2.21 bits per heavy atom. The third kappa shape index (κ3) is 2.17. The summed E-state index contributed by atoms with van der Waals surface area (Å²) >= 11 is 0. The number of aliphatic carboxylic acids is 1. The van der Waals surface area contributed by atoms with Gasteiger partial charge in [0.2, 0.25) is 0 Å². The highest BCUT2D eigenvalue weighted by atomic mass is 16.5. The molecule has 5 heteroatoms. The summed E-state index contributed by atoms with van der Waals surface area (Å²) in [7, 11) is 0. The molecule has 0 aliphatic heterocycles. The number of aromatic nitrogens is 1. The maximum Gasteiger partial charge on any atom is 0.306 e. The largest absolute Gasteiger partial charge is 0.481 e. The van der Waals surface area contributed by atoms with Crippen LogP contribution in [0, 0.1) is 24.2 Å². The molecule has 1 aromatic rings. The van der Waals surface area contributed by atoms with Crippen molar-refractivity contribution in [2.24, 2.45) is 17.3 Å². The van der Waals surface area contributed by atoms with E-state index in [4.69, 9.17) is 4.52 Å². The number of carboxylic acid groups (broad SMARTS) is 1. The maximum atomic E-state index is 12.0. The van der Waals surface area contributed by atoms with Gasteiger partial charge in [-0.2, -0.15) is 0 Å². The summed E-state index contributed by atoms with van der Waals surface area (Å²) < 4.78 is 4.85. The van der Waals surface area contributed by atoms with Crippen molar-refractivity contribution in [2.45, 2.75) is 39.0 Å². The zero-order chi connectivity index (χ0) is 13.6. The van der Waals surface area contributed by atoms with E-state index in [9.17, 15) is 14.7 Å². The molecule has 1 heterocycles. The van der Waals surface area contributed by atoms with Crippen molar-refractivity contribution in [1.29, 1.82) is 0 Å². The predicted molar refractivity (Wildman–Crippen MR) is 65.7 cm³/mol. The molecule has 19 heavy (non-hydrogen) atoms. The van der Waals surface area contributed by atoms with E-state index in [-0.39, 0.29) is 23.3 Å². The number of hydrogen-bond acceptors (Lipinski definition) is 4. The number of hydrogen-bond donors (Lipinski definition) is 1. The van der Waals surface area contributed by atoms with Crippen LogP contribution in [0.3, 0.4) is 0 Å². The minimum absolute atomic E-state index is 0.0216. The smallest absolute Gasteiger partial charge is 0.306 e. The van der Waals surface area contributed by atoms with Crippen LogP contribution in [0.5, 0.6) is 0 Å². The summed E-state index contributed by atoms with van der Waals surface area (Å²) in [5.74, 6) is -0.321. The zero-order valence-electron chi connectivity index (χ0n) is 10.9. The van der Waals surface area contributed by atoms with Crippen LogP contribution >= 0.6 is 0 Å². The highest BCUT2D eigenvalue weighted by Gasteiger charge is 2.57. The minimum Gasteiger partial charge on any atom is -0.481 e. The quantitative estimate of drug-likeness (QED) is 0.797. The molecular weight excluding hydrogens is 246 g/mol. The van der Waals surface area contributed by atoms with Gasteiger partial charge in [-0.05, 0) is 43.9 Å². The zero-order valence-corrected chi connectivity index (χ0v) is 10.9. The third-order valence-electron chi connectivity index (χ3n) is 4.54. The first-order valence-electron chi connectivity index (χ1n) is 6.67. The molecule has 0 aromatic carbocycles. The molecule has 3 saturated carbocycles. The van der Waals surface area contributed by atoms with E-state index in [2.05, 4.69) is 5.16 Å². The maximum absolute atomic E-state index is 12.0. The lowest BCUT2D eigenvalue weighted by Crippen LogP contribution is -2.53. The Morgan fingerprint density at radius 1 is 1.53 bits per heavy atom. The molecule has 0 radical (unpaired) electrons. The summed E-state index contributed by atoms with van der Waals surface area (Å²) in [5, 5.41) is 12.9. The van der Waals surface area contributed by atoms with Gasteiger partial charge in [0.05, 0.1) is 5.92 Å². The average molecular weight is 263 g/mol. The fourth-order valence-electron chi connectivity index (χ4n) is 3.50. The Bertz CT molecular complexity index is 516. The number of Topliss-reactive ketones (excluding diaryl/α,β-unsaturated/α-hetero) is 1. The first-order valence-corrected chi connectivity index (χ1v) is 6.67. The molecule has 0 saturated heterocycles. The molecule has 1 N–H and O–H groups in total. The van der Waals surface area contributed by atoms with Crippen LogP contribution in [0.2, 0.25) is 0 Å². The van der Waals surface area contributed by atoms with Gasteiger partial charge in [0, 0.05) is 12.5 Å². The molecular formula is C14H17NO4. The number of carbonyl (C=O) groups is 2. The van der Waals surface area contributed by atoms with Crippen LogP contribution in [0.15, 0.2) is 10.6 Å². The number of nitrogens with zero attached hydrogens (tertiary/aromatic N) is 1. The Labute approximate surface area is 111 Å². The molecule has 0 unspecified atom stereocenters. The highest BCUT2D eigenvalue weighted by molar-refractivity contribution is 5.96.